The molecule has 0 saturated heterocycles. The summed E-state index contributed by atoms with van der Waals surface area (Å²) in [4.78, 5) is 49.2. The van der Waals surface area contributed by atoms with Crippen LogP contribution in [-0.4, -0.2) is 51.5 Å². The van der Waals surface area contributed by atoms with Gasteiger partial charge in [0.15, 0.2) is 0 Å². The lowest BCUT2D eigenvalue weighted by atomic mass is 9.89. The number of rotatable bonds is 5. The number of carboxylic acids is 2. The molecule has 3 amide bonds. The Morgan fingerprint density at radius 1 is 1.03 bits per heavy atom. The third-order valence-corrected chi connectivity index (χ3v) is 6.37. The van der Waals surface area contributed by atoms with Crippen molar-refractivity contribution in [2.75, 3.05) is 5.32 Å². The monoisotopic (exact) mass is 469 g/mol. The van der Waals surface area contributed by atoms with E-state index < -0.39 is 59.0 Å². The average Bonchev–Trinajstić information content (AvgIpc) is 3.40. The van der Waals surface area contributed by atoms with E-state index in [1.807, 2.05) is 30.3 Å². The van der Waals surface area contributed by atoms with Crippen LogP contribution in [0.25, 0.3) is 10.8 Å². The number of urea groups is 1. The summed E-state index contributed by atoms with van der Waals surface area (Å²) in [6, 6.07) is 11.7. The van der Waals surface area contributed by atoms with Gasteiger partial charge in [-0.3, -0.25) is 4.79 Å². The molecule has 10 nitrogen and oxygen atoms in total. The second-order valence-corrected chi connectivity index (χ2v) is 9.84. The van der Waals surface area contributed by atoms with Crippen LogP contribution in [0.2, 0.25) is 0 Å². The van der Waals surface area contributed by atoms with Gasteiger partial charge < -0.3 is 30.9 Å². The molecule has 0 aromatic heterocycles. The number of carbonyl (C=O) groups excluding carboxylic acids is 2. The van der Waals surface area contributed by atoms with E-state index in [9.17, 15) is 29.4 Å². The van der Waals surface area contributed by atoms with Crippen LogP contribution in [0, 0.1) is 17.8 Å². The lowest BCUT2D eigenvalue weighted by Gasteiger charge is -2.31. The Morgan fingerprint density at radius 3 is 2.32 bits per heavy atom. The smallest absolute Gasteiger partial charge is 0.408 e. The van der Waals surface area contributed by atoms with Crippen molar-refractivity contribution in [3.8, 4) is 0 Å². The minimum absolute atomic E-state index is 0.161. The minimum atomic E-state index is -1.86. The molecule has 180 valence electrons. The molecular formula is C24H27N3O7. The molecule has 5 atom stereocenters. The first-order valence-corrected chi connectivity index (χ1v) is 10.9. The van der Waals surface area contributed by atoms with Gasteiger partial charge in [0.1, 0.15) is 11.1 Å². The van der Waals surface area contributed by atoms with Crippen LogP contribution in [0.4, 0.5) is 15.3 Å². The number of hydrogen-bond donors (Lipinski definition) is 5. The normalized spacial score (nSPS) is 27.4. The summed E-state index contributed by atoms with van der Waals surface area (Å²) in [6.45, 7) is 4.91. The van der Waals surface area contributed by atoms with Crippen LogP contribution in [-0.2, 0) is 14.3 Å². The molecule has 2 aliphatic carbocycles. The molecular weight excluding hydrogens is 442 g/mol. The molecule has 0 heterocycles. The highest BCUT2D eigenvalue weighted by atomic mass is 16.6. The number of ether oxygens (including phenoxy) is 1. The van der Waals surface area contributed by atoms with Gasteiger partial charge in [-0.2, -0.15) is 0 Å². The molecule has 0 aliphatic heterocycles. The molecule has 34 heavy (non-hydrogen) atoms. The Bertz CT molecular complexity index is 1170. The van der Waals surface area contributed by atoms with E-state index in [1.165, 1.54) is 0 Å². The molecule has 2 saturated carbocycles. The molecule has 5 N–H and O–H groups in total. The zero-order valence-corrected chi connectivity index (χ0v) is 19.0. The number of benzene rings is 2. The van der Waals surface area contributed by atoms with Gasteiger partial charge >= 0.3 is 24.1 Å². The van der Waals surface area contributed by atoms with Crippen molar-refractivity contribution in [1.29, 1.82) is 0 Å². The fourth-order valence-corrected chi connectivity index (χ4v) is 5.06. The van der Waals surface area contributed by atoms with Crippen molar-refractivity contribution in [3.05, 3.63) is 42.5 Å². The lowest BCUT2D eigenvalue weighted by Crippen LogP contribution is -2.58. The van der Waals surface area contributed by atoms with E-state index in [1.54, 1.807) is 32.9 Å². The molecule has 5 unspecified atom stereocenters. The van der Waals surface area contributed by atoms with Crippen LogP contribution in [0.15, 0.2) is 42.5 Å². The van der Waals surface area contributed by atoms with Crippen molar-refractivity contribution in [2.45, 2.75) is 44.4 Å². The fraction of sp³-hybridized carbons (Fsp3) is 0.417. The third-order valence-electron chi connectivity index (χ3n) is 6.37. The van der Waals surface area contributed by atoms with Crippen LogP contribution < -0.4 is 16.0 Å². The van der Waals surface area contributed by atoms with Gasteiger partial charge in [-0.05, 0) is 49.6 Å². The molecule has 0 bridgehead atoms. The summed E-state index contributed by atoms with van der Waals surface area (Å²) in [7, 11) is 0. The lowest BCUT2D eigenvalue weighted by molar-refractivity contribution is -0.147. The van der Waals surface area contributed by atoms with E-state index >= 15 is 0 Å². The van der Waals surface area contributed by atoms with Crippen molar-refractivity contribution < 1.29 is 34.1 Å². The average molecular weight is 469 g/mol. The zero-order valence-electron chi connectivity index (χ0n) is 19.0. The highest BCUT2D eigenvalue weighted by Crippen LogP contribution is 2.62. The Balaban J connectivity index is 1.51. The molecule has 10 heteroatoms. The second-order valence-electron chi connectivity index (χ2n) is 9.84. The predicted molar refractivity (Wildman–Crippen MR) is 122 cm³/mol. The number of fused-ring (bicyclic) bond motifs is 2. The number of amides is 3. The van der Waals surface area contributed by atoms with Gasteiger partial charge in [0, 0.05) is 24.1 Å². The zero-order chi connectivity index (χ0) is 24.8. The van der Waals surface area contributed by atoms with Gasteiger partial charge in [0.25, 0.3) is 0 Å². The number of nitrogens with one attached hydrogen (secondary N) is 3. The summed E-state index contributed by atoms with van der Waals surface area (Å²) in [5.41, 5.74) is -2.20. The van der Waals surface area contributed by atoms with E-state index in [0.717, 1.165) is 10.8 Å². The highest BCUT2D eigenvalue weighted by molar-refractivity contribution is 5.94. The number of hydrogen-bond acceptors (Lipinski definition) is 5. The number of carboxylic acid groups (broad SMARTS) is 2. The standard InChI is InChI=1S/C24H27N3O7/c1-23(2,3)34-22(33)27-24(20(30)31)11-15(16-17(18(16)24)19(28)29)26-21(32)25-14-9-8-12-6-4-5-7-13(12)10-14/h4-10,15-18H,11H2,1-3H3,(H,27,33)(H,28,29)(H,30,31)(H2,25,26,32). The van der Waals surface area contributed by atoms with Gasteiger partial charge in [-0.1, -0.05) is 30.3 Å². The number of aliphatic carboxylic acids is 2. The molecule has 2 fully saturated rings. The van der Waals surface area contributed by atoms with Crippen molar-refractivity contribution in [1.82, 2.24) is 10.6 Å². The maximum Gasteiger partial charge on any atom is 0.408 e. The van der Waals surface area contributed by atoms with E-state index in [2.05, 4.69) is 16.0 Å². The van der Waals surface area contributed by atoms with E-state index in [-0.39, 0.29) is 6.42 Å². The first kappa shape index (κ1) is 23.3. The fourth-order valence-electron chi connectivity index (χ4n) is 5.06. The summed E-state index contributed by atoms with van der Waals surface area (Å²) < 4.78 is 5.21. The van der Waals surface area contributed by atoms with Crippen LogP contribution in [0.1, 0.15) is 27.2 Å². The molecule has 0 spiro atoms. The molecule has 2 aliphatic rings. The minimum Gasteiger partial charge on any atom is -0.481 e. The van der Waals surface area contributed by atoms with Crippen molar-refractivity contribution >= 4 is 40.5 Å². The van der Waals surface area contributed by atoms with Gasteiger partial charge in [-0.25, -0.2) is 14.4 Å². The molecule has 0 radical (unpaired) electrons. The molecule has 4 rings (SSSR count). The first-order valence-electron chi connectivity index (χ1n) is 10.9. The Hall–Kier alpha value is -3.82. The second kappa shape index (κ2) is 8.19. The summed E-state index contributed by atoms with van der Waals surface area (Å²) in [5, 5.41) is 29.4. The van der Waals surface area contributed by atoms with Gasteiger partial charge in [-0.15, -0.1) is 0 Å². The molecule has 2 aromatic rings. The predicted octanol–water partition coefficient (Wildman–Crippen LogP) is 3.03. The largest absolute Gasteiger partial charge is 0.481 e. The van der Waals surface area contributed by atoms with Gasteiger partial charge in [0.2, 0.25) is 0 Å². The van der Waals surface area contributed by atoms with Crippen molar-refractivity contribution in [2.24, 2.45) is 17.8 Å². The third kappa shape index (κ3) is 4.35. The van der Waals surface area contributed by atoms with Crippen LogP contribution in [0.5, 0.6) is 0 Å². The topological polar surface area (TPSA) is 154 Å². The van der Waals surface area contributed by atoms with Gasteiger partial charge in [0.05, 0.1) is 5.92 Å². The number of anilines is 1. The highest BCUT2D eigenvalue weighted by Gasteiger charge is 2.76. The van der Waals surface area contributed by atoms with Crippen LogP contribution in [0.3, 0.4) is 0 Å². The van der Waals surface area contributed by atoms with E-state index in [0.29, 0.717) is 5.69 Å². The molecule has 2 aromatic carbocycles. The first-order chi connectivity index (χ1) is 15.9. The maximum atomic E-state index is 12.7. The number of alkyl carbamates (subject to hydrolysis) is 1. The van der Waals surface area contributed by atoms with Crippen molar-refractivity contribution in [3.63, 3.8) is 0 Å². The summed E-state index contributed by atoms with van der Waals surface area (Å²) >= 11 is 0. The Kier molecular flexibility index (Phi) is 5.63. The summed E-state index contributed by atoms with van der Waals surface area (Å²) in [6.07, 6.45) is -1.11. The quantitative estimate of drug-likeness (QED) is 0.451. The van der Waals surface area contributed by atoms with Crippen LogP contribution >= 0.6 is 0 Å². The Labute approximate surface area is 195 Å². The van der Waals surface area contributed by atoms with E-state index in [4.69, 9.17) is 4.74 Å². The summed E-state index contributed by atoms with van der Waals surface area (Å²) in [5.74, 6) is -5.05. The Morgan fingerprint density at radius 2 is 1.71 bits per heavy atom. The number of carbonyl (C=O) groups is 4. The maximum absolute atomic E-state index is 12.7. The SMILES string of the molecule is CC(C)(C)OC(=O)NC1(C(=O)O)CC(NC(=O)Nc2ccc3ccccc3c2)C2C(C(=O)O)C21.